The molecule has 0 aliphatic carbocycles. The van der Waals surface area contributed by atoms with Crippen molar-refractivity contribution in [3.8, 4) is 28.6 Å². The fourth-order valence-corrected chi connectivity index (χ4v) is 2.50. The number of carboxylic acids is 2. The van der Waals surface area contributed by atoms with Crippen LogP contribution in [0.15, 0.2) is 51.7 Å². The van der Waals surface area contributed by atoms with Crippen molar-refractivity contribution in [3.05, 3.63) is 52.7 Å². The number of hydrogen-bond acceptors (Lipinski definition) is 10. The molecule has 0 saturated heterocycles. The highest BCUT2D eigenvalue weighted by molar-refractivity contribution is 5.86. The quantitative estimate of drug-likeness (QED) is 0.259. The van der Waals surface area contributed by atoms with E-state index in [1.807, 2.05) is 13.8 Å². The summed E-state index contributed by atoms with van der Waals surface area (Å²) in [5.74, 6) is -3.67. The van der Waals surface area contributed by atoms with Gasteiger partial charge < -0.3 is 44.9 Å². The van der Waals surface area contributed by atoms with Crippen molar-refractivity contribution in [3.63, 3.8) is 0 Å². The molecule has 12 heteroatoms. The molecule has 0 amide bonds. The molecule has 35 heavy (non-hydrogen) atoms. The average molecular weight is 494 g/mol. The van der Waals surface area contributed by atoms with Gasteiger partial charge in [0.2, 0.25) is 0 Å². The first kappa shape index (κ1) is 28.9. The Hall–Kier alpha value is -4.13. The lowest BCUT2D eigenvalue weighted by molar-refractivity contribution is -0.165. The van der Waals surface area contributed by atoms with Crippen LogP contribution in [0.5, 0.6) is 17.2 Å². The topological polar surface area (TPSA) is 215 Å². The number of phenols is 3. The van der Waals surface area contributed by atoms with Crippen molar-refractivity contribution in [1.82, 2.24) is 0 Å². The van der Waals surface area contributed by atoms with Crippen LogP contribution < -0.4 is 5.43 Å². The van der Waals surface area contributed by atoms with E-state index in [9.17, 15) is 29.7 Å². The summed E-state index contributed by atoms with van der Waals surface area (Å²) in [5.41, 5.74) is 0.287. The summed E-state index contributed by atoms with van der Waals surface area (Å²) in [7, 11) is 0. The molecular formula is C23H26O12. The maximum absolute atomic E-state index is 12.0. The lowest BCUT2D eigenvalue weighted by atomic mass is 10.1. The van der Waals surface area contributed by atoms with Crippen LogP contribution in [0.4, 0.5) is 0 Å². The summed E-state index contributed by atoms with van der Waals surface area (Å²) in [6, 6.07) is 9.74. The molecule has 0 radical (unpaired) electrons. The predicted molar refractivity (Wildman–Crippen MR) is 122 cm³/mol. The summed E-state index contributed by atoms with van der Waals surface area (Å²) >= 11 is 0. The molecule has 12 nitrogen and oxygen atoms in total. The zero-order chi connectivity index (χ0) is 26.7. The van der Waals surface area contributed by atoms with Crippen molar-refractivity contribution in [2.24, 2.45) is 0 Å². The summed E-state index contributed by atoms with van der Waals surface area (Å²) in [6.45, 7) is 5.67. The Labute approximate surface area is 198 Å². The first-order valence-corrected chi connectivity index (χ1v) is 10.1. The van der Waals surface area contributed by atoms with Gasteiger partial charge in [0.1, 0.15) is 34.0 Å². The van der Waals surface area contributed by atoms with Crippen LogP contribution in [0.3, 0.4) is 0 Å². The number of benzene rings is 2. The van der Waals surface area contributed by atoms with Gasteiger partial charge in [0.25, 0.3) is 0 Å². The van der Waals surface area contributed by atoms with Gasteiger partial charge in [-0.15, -0.1) is 0 Å². The monoisotopic (exact) mass is 494 g/mol. The molecule has 2 unspecified atom stereocenters. The Kier molecular flexibility index (Phi) is 11.2. The van der Waals surface area contributed by atoms with E-state index in [1.54, 1.807) is 12.1 Å². The van der Waals surface area contributed by atoms with Gasteiger partial charge in [-0.05, 0) is 38.1 Å². The third-order valence-electron chi connectivity index (χ3n) is 4.16. The lowest BCUT2D eigenvalue weighted by Gasteiger charge is -2.07. The van der Waals surface area contributed by atoms with Gasteiger partial charge in [-0.1, -0.05) is 0 Å². The van der Waals surface area contributed by atoms with E-state index in [4.69, 9.17) is 29.6 Å². The van der Waals surface area contributed by atoms with Crippen LogP contribution >= 0.6 is 0 Å². The minimum absolute atomic E-state index is 0.0188. The van der Waals surface area contributed by atoms with Gasteiger partial charge in [0.15, 0.2) is 17.6 Å². The van der Waals surface area contributed by atoms with Crippen molar-refractivity contribution in [2.45, 2.75) is 26.1 Å². The molecule has 0 fully saturated rings. The average Bonchev–Trinajstić information content (AvgIpc) is 2.79. The van der Waals surface area contributed by atoms with Crippen LogP contribution in [0.1, 0.15) is 13.8 Å². The van der Waals surface area contributed by atoms with Crippen LogP contribution in [0.25, 0.3) is 22.3 Å². The van der Waals surface area contributed by atoms with Crippen molar-refractivity contribution in [2.75, 3.05) is 13.2 Å². The van der Waals surface area contributed by atoms with E-state index in [0.29, 0.717) is 5.56 Å². The Bertz CT molecular complexity index is 1160. The molecule has 2 atom stereocenters. The van der Waals surface area contributed by atoms with Gasteiger partial charge in [0, 0.05) is 37.0 Å². The highest BCUT2D eigenvalue weighted by atomic mass is 16.5. The second-order valence-electron chi connectivity index (χ2n) is 6.71. The van der Waals surface area contributed by atoms with Crippen LogP contribution in [0.2, 0.25) is 0 Å². The maximum atomic E-state index is 12.0. The molecule has 0 aliphatic heterocycles. The molecule has 1 heterocycles. The zero-order valence-corrected chi connectivity index (χ0v) is 18.8. The molecule has 0 saturated carbocycles. The SMILES string of the molecule is CCOCC.O=C(O)C(O)C(O)C(=O)O.O=c1cc(-c2ccc(O)cc2)oc2cc(O)cc(O)c12. The highest BCUT2D eigenvalue weighted by Gasteiger charge is 2.29. The molecule has 0 aliphatic rings. The minimum atomic E-state index is -2.27. The molecule has 3 rings (SSSR count). The smallest absolute Gasteiger partial charge is 0.335 e. The molecular weight excluding hydrogens is 468 g/mol. The molecule has 7 N–H and O–H groups in total. The first-order chi connectivity index (χ1) is 16.4. The van der Waals surface area contributed by atoms with Gasteiger partial charge in [-0.2, -0.15) is 0 Å². The van der Waals surface area contributed by atoms with Crippen LogP contribution in [0, 0.1) is 0 Å². The number of phenolic OH excluding ortho intramolecular Hbond substituents is 3. The number of fused-ring (bicyclic) bond motifs is 1. The molecule has 1 aromatic heterocycles. The van der Waals surface area contributed by atoms with Crippen molar-refractivity contribution < 1.29 is 54.5 Å². The number of aromatic hydroxyl groups is 3. The third kappa shape index (κ3) is 8.62. The molecule has 0 spiro atoms. The summed E-state index contributed by atoms with van der Waals surface area (Å²) in [6.07, 6.45) is -4.53. The third-order valence-corrected chi connectivity index (χ3v) is 4.16. The van der Waals surface area contributed by atoms with Gasteiger partial charge >= 0.3 is 11.9 Å². The number of rotatable bonds is 6. The number of aliphatic hydroxyl groups is 2. The largest absolute Gasteiger partial charge is 0.508 e. The Balaban J connectivity index is 0.000000343. The van der Waals surface area contributed by atoms with Crippen molar-refractivity contribution in [1.29, 1.82) is 0 Å². The standard InChI is InChI=1S/C15H10O5.C4H6O6.C4H10O/c16-9-3-1-8(2-4-9)13-7-12(19)15-11(18)5-10(17)6-14(15)20-13;5-1(3(7)8)2(6)4(9)10;1-3-5-4-2/h1-7,16-18H;1-2,5-6H,(H,7,8)(H,9,10);3-4H2,1-2H3. The number of aliphatic hydroxyl groups excluding tert-OH is 2. The second-order valence-corrected chi connectivity index (χ2v) is 6.71. The Morgan fingerprint density at radius 1 is 0.857 bits per heavy atom. The van der Waals surface area contributed by atoms with E-state index < -0.39 is 29.6 Å². The van der Waals surface area contributed by atoms with E-state index >= 15 is 0 Å². The van der Waals surface area contributed by atoms with E-state index in [0.717, 1.165) is 19.3 Å². The number of aliphatic carboxylic acids is 2. The van der Waals surface area contributed by atoms with Gasteiger partial charge in [-0.3, -0.25) is 4.79 Å². The molecule has 0 bridgehead atoms. The maximum Gasteiger partial charge on any atom is 0.335 e. The fourth-order valence-electron chi connectivity index (χ4n) is 2.50. The number of ether oxygens (including phenoxy) is 1. The Morgan fingerprint density at radius 2 is 1.37 bits per heavy atom. The van der Waals surface area contributed by atoms with Gasteiger partial charge in [0.05, 0.1) is 0 Å². The number of hydrogen-bond donors (Lipinski definition) is 7. The Morgan fingerprint density at radius 3 is 1.80 bits per heavy atom. The number of carboxylic acid groups (broad SMARTS) is 2. The second kappa shape index (κ2) is 13.5. The number of carbonyl (C=O) groups is 2. The highest BCUT2D eigenvalue weighted by Crippen LogP contribution is 2.30. The van der Waals surface area contributed by atoms with E-state index in [1.165, 1.54) is 24.3 Å². The van der Waals surface area contributed by atoms with Crippen molar-refractivity contribution >= 4 is 22.9 Å². The summed E-state index contributed by atoms with van der Waals surface area (Å²) in [4.78, 5) is 31.6. The fraction of sp³-hybridized carbons (Fsp3) is 0.261. The van der Waals surface area contributed by atoms with Crippen LogP contribution in [-0.2, 0) is 14.3 Å². The summed E-state index contributed by atoms with van der Waals surface area (Å²) < 4.78 is 10.4. The summed E-state index contributed by atoms with van der Waals surface area (Å²) in [5, 5.41) is 60.9. The first-order valence-electron chi connectivity index (χ1n) is 10.1. The van der Waals surface area contributed by atoms with Gasteiger partial charge in [-0.25, -0.2) is 9.59 Å². The normalized spacial score (nSPS) is 11.9. The zero-order valence-electron chi connectivity index (χ0n) is 18.8. The van der Waals surface area contributed by atoms with E-state index in [2.05, 4.69) is 0 Å². The molecule has 190 valence electrons. The minimum Gasteiger partial charge on any atom is -0.508 e. The van der Waals surface area contributed by atoms with E-state index in [-0.39, 0.29) is 34.0 Å². The predicted octanol–water partition coefficient (Wildman–Crippen LogP) is 1.50. The molecule has 2 aromatic carbocycles. The van der Waals surface area contributed by atoms with Crippen LogP contribution in [-0.4, -0.2) is 73.1 Å². The lowest BCUT2D eigenvalue weighted by Crippen LogP contribution is -2.39. The molecule has 3 aromatic rings.